The van der Waals surface area contributed by atoms with Crippen LogP contribution in [0.4, 0.5) is 30.4 Å². The highest BCUT2D eigenvalue weighted by Gasteiger charge is 2.36. The maximum Gasteiger partial charge on any atom is 0.420 e. The van der Waals surface area contributed by atoms with Crippen LogP contribution in [0.2, 0.25) is 0 Å². The van der Waals surface area contributed by atoms with Crippen LogP contribution in [-0.2, 0) is 6.18 Å². The quantitative estimate of drug-likeness (QED) is 0.475. The topological polar surface area (TPSA) is 83.9 Å². The van der Waals surface area contributed by atoms with Crippen molar-refractivity contribution in [3.8, 4) is 11.5 Å². The highest BCUT2D eigenvalue weighted by molar-refractivity contribution is 6.07. The lowest BCUT2D eigenvalue weighted by molar-refractivity contribution is -0.139. The number of carbonyl (C=O) groups excluding carboxylic acids is 1. The molecule has 1 aliphatic rings. The first kappa shape index (κ1) is 25.3. The second-order valence-corrected chi connectivity index (χ2v) is 8.69. The number of hydrogen-bond acceptors (Lipinski definition) is 6. The number of anilines is 3. The van der Waals surface area contributed by atoms with Crippen molar-refractivity contribution in [1.82, 2.24) is 4.98 Å². The van der Waals surface area contributed by atoms with Crippen molar-refractivity contribution in [2.75, 3.05) is 23.4 Å². The summed E-state index contributed by atoms with van der Waals surface area (Å²) in [6, 6.07) is 11.5. The van der Waals surface area contributed by atoms with Gasteiger partial charge in [-0.3, -0.25) is 4.79 Å². The predicted molar refractivity (Wildman–Crippen MR) is 129 cm³/mol. The van der Waals surface area contributed by atoms with Gasteiger partial charge in [0.05, 0.1) is 35.6 Å². The summed E-state index contributed by atoms with van der Waals surface area (Å²) in [5.41, 5.74) is 0.590. The summed E-state index contributed by atoms with van der Waals surface area (Å²) in [7, 11) is 0. The van der Waals surface area contributed by atoms with Gasteiger partial charge in [0.25, 0.3) is 5.91 Å². The number of hydrogen-bond donors (Lipinski definition) is 2. The second kappa shape index (κ2) is 10.1. The number of alkyl halides is 3. The van der Waals surface area contributed by atoms with Gasteiger partial charge in [-0.1, -0.05) is 12.1 Å². The van der Waals surface area contributed by atoms with Gasteiger partial charge in [0.1, 0.15) is 18.2 Å². The Hall–Kier alpha value is -3.79. The van der Waals surface area contributed by atoms with Crippen molar-refractivity contribution >= 4 is 23.1 Å². The number of carbonyl (C=O) groups is 1. The third-order valence-corrected chi connectivity index (χ3v) is 5.54. The average molecular weight is 502 g/mol. The monoisotopic (exact) mass is 501 g/mol. The third kappa shape index (κ3) is 5.23. The van der Waals surface area contributed by atoms with Gasteiger partial charge in [-0.15, -0.1) is 0 Å². The summed E-state index contributed by atoms with van der Waals surface area (Å²) < 4.78 is 52.0. The smallest absolute Gasteiger partial charge is 0.420 e. The summed E-state index contributed by atoms with van der Waals surface area (Å²) in [5, 5.41) is 12.4. The number of benzene rings is 2. The lowest BCUT2D eigenvalue weighted by Gasteiger charge is -2.37. The number of fused-ring (bicyclic) bond motifs is 1. The maximum absolute atomic E-state index is 13.6. The molecule has 1 aromatic heterocycles. The number of nitrogens with one attached hydrogen (secondary N) is 1. The van der Waals surface area contributed by atoms with Crippen LogP contribution in [0.1, 0.15) is 35.3 Å². The van der Waals surface area contributed by atoms with E-state index in [0.717, 1.165) is 11.6 Å². The number of nitrogens with zero attached hydrogens (tertiary/aromatic N) is 2. The predicted octanol–water partition coefficient (Wildman–Crippen LogP) is 5.34. The number of amides is 1. The Kier molecular flexibility index (Phi) is 7.07. The second-order valence-electron chi connectivity index (χ2n) is 8.69. The third-order valence-electron chi connectivity index (χ3n) is 5.54. The zero-order chi connectivity index (χ0) is 26.0. The van der Waals surface area contributed by atoms with Crippen molar-refractivity contribution in [2.24, 2.45) is 0 Å². The van der Waals surface area contributed by atoms with Gasteiger partial charge in [-0.2, -0.15) is 13.2 Å². The highest BCUT2D eigenvalue weighted by Crippen LogP contribution is 2.42. The minimum atomic E-state index is -4.67. The average Bonchev–Trinajstić information content (AvgIpc) is 2.83. The van der Waals surface area contributed by atoms with Crippen LogP contribution in [0.15, 0.2) is 54.7 Å². The number of para-hydroxylation sites is 1. The number of aromatic nitrogens is 1. The van der Waals surface area contributed by atoms with Crippen molar-refractivity contribution in [3.05, 3.63) is 71.4 Å². The normalized spacial score (nSPS) is 15.3. The van der Waals surface area contributed by atoms with E-state index in [1.807, 2.05) is 13.0 Å². The molecule has 2 aromatic carbocycles. The molecule has 4 rings (SSSR count). The summed E-state index contributed by atoms with van der Waals surface area (Å²) >= 11 is 0. The minimum absolute atomic E-state index is 0.0397. The van der Waals surface area contributed by atoms with Crippen LogP contribution in [-0.4, -0.2) is 41.4 Å². The lowest BCUT2D eigenvalue weighted by atomic mass is 10.1. The van der Waals surface area contributed by atoms with E-state index >= 15 is 0 Å². The Morgan fingerprint density at radius 2 is 2.03 bits per heavy atom. The standard InChI is InChI=1S/C26H26F3N3O4/c1-15(2)36-22-9-8-17(11-20(22)26(27,28)29)31-25(34)19-5-4-6-21-24(19)35-14-18(13-33)32(21)23-10-7-16(3)12-30-23/h4-12,15,18,33H,13-14H2,1-3H3,(H,31,34). The Labute approximate surface area is 206 Å². The van der Waals surface area contributed by atoms with Crippen molar-refractivity contribution in [2.45, 2.75) is 39.1 Å². The van der Waals surface area contributed by atoms with Crippen LogP contribution < -0.4 is 19.7 Å². The number of aliphatic hydroxyl groups excluding tert-OH is 1. The summed E-state index contributed by atoms with van der Waals surface area (Å²) in [4.78, 5) is 19.4. The fourth-order valence-electron chi connectivity index (χ4n) is 3.93. The summed E-state index contributed by atoms with van der Waals surface area (Å²) in [6.07, 6.45) is -3.42. The molecule has 1 unspecified atom stereocenters. The van der Waals surface area contributed by atoms with Gasteiger partial charge in [0.15, 0.2) is 5.75 Å². The molecule has 0 spiro atoms. The van der Waals surface area contributed by atoms with Gasteiger partial charge >= 0.3 is 6.18 Å². The van der Waals surface area contributed by atoms with E-state index in [1.54, 1.807) is 43.1 Å². The van der Waals surface area contributed by atoms with Gasteiger partial charge in [0.2, 0.25) is 0 Å². The SMILES string of the molecule is Cc1ccc(N2c3cccc(C(=O)Nc4ccc(OC(C)C)c(C(F)(F)F)c4)c3OCC2CO)nc1. The molecule has 0 fully saturated rings. The van der Waals surface area contributed by atoms with E-state index in [-0.39, 0.29) is 36.0 Å². The molecule has 0 aliphatic carbocycles. The first-order valence-electron chi connectivity index (χ1n) is 11.4. The molecule has 0 bridgehead atoms. The molecule has 0 radical (unpaired) electrons. The van der Waals surface area contributed by atoms with Crippen molar-refractivity contribution in [1.29, 1.82) is 0 Å². The van der Waals surface area contributed by atoms with Gasteiger partial charge in [-0.25, -0.2) is 4.98 Å². The van der Waals surface area contributed by atoms with Gasteiger partial charge < -0.3 is 24.8 Å². The molecule has 1 aliphatic heterocycles. The fraction of sp³-hybridized carbons (Fsp3) is 0.308. The molecule has 7 nitrogen and oxygen atoms in total. The Bertz CT molecular complexity index is 1250. The van der Waals surface area contributed by atoms with Crippen molar-refractivity contribution in [3.63, 3.8) is 0 Å². The minimum Gasteiger partial charge on any atom is -0.490 e. The molecule has 2 heterocycles. The Morgan fingerprint density at radius 3 is 2.67 bits per heavy atom. The van der Waals surface area contributed by atoms with E-state index in [4.69, 9.17) is 9.47 Å². The van der Waals surface area contributed by atoms with Gasteiger partial charge in [-0.05, 0) is 62.7 Å². The van der Waals surface area contributed by atoms with E-state index < -0.39 is 29.8 Å². The first-order chi connectivity index (χ1) is 17.1. The van der Waals surface area contributed by atoms with Crippen LogP contribution in [0, 0.1) is 6.92 Å². The van der Waals surface area contributed by atoms with Crippen LogP contribution in [0.3, 0.4) is 0 Å². The molecule has 2 N–H and O–H groups in total. The summed E-state index contributed by atoms with van der Waals surface area (Å²) in [6.45, 7) is 5.04. The zero-order valence-electron chi connectivity index (χ0n) is 20.0. The number of halogens is 3. The van der Waals surface area contributed by atoms with E-state index in [2.05, 4.69) is 10.3 Å². The molecule has 36 heavy (non-hydrogen) atoms. The molecule has 1 atom stereocenters. The van der Waals surface area contributed by atoms with Gasteiger partial charge in [0, 0.05) is 11.9 Å². The summed E-state index contributed by atoms with van der Waals surface area (Å²) in [5.74, 6) is -0.140. The Morgan fingerprint density at radius 1 is 1.25 bits per heavy atom. The highest BCUT2D eigenvalue weighted by atomic mass is 19.4. The van der Waals surface area contributed by atoms with Crippen LogP contribution in [0.25, 0.3) is 0 Å². The largest absolute Gasteiger partial charge is 0.490 e. The molecule has 10 heteroatoms. The number of aryl methyl sites for hydroxylation is 1. The van der Waals surface area contributed by atoms with Crippen LogP contribution in [0.5, 0.6) is 11.5 Å². The first-order valence-corrected chi connectivity index (χ1v) is 11.4. The van der Waals surface area contributed by atoms with E-state index in [9.17, 15) is 23.1 Å². The Balaban J connectivity index is 1.67. The van der Waals surface area contributed by atoms with E-state index in [0.29, 0.717) is 11.5 Å². The maximum atomic E-state index is 13.6. The molecule has 0 saturated carbocycles. The number of aliphatic hydroxyl groups is 1. The molecule has 3 aromatic rings. The number of rotatable bonds is 6. The fourth-order valence-corrected chi connectivity index (χ4v) is 3.93. The molecular weight excluding hydrogens is 475 g/mol. The van der Waals surface area contributed by atoms with Crippen molar-refractivity contribution < 1.29 is 32.5 Å². The molecule has 190 valence electrons. The zero-order valence-corrected chi connectivity index (χ0v) is 20.0. The van der Waals surface area contributed by atoms with E-state index in [1.165, 1.54) is 18.2 Å². The lowest BCUT2D eigenvalue weighted by Crippen LogP contribution is -2.43. The van der Waals surface area contributed by atoms with Crippen LogP contribution >= 0.6 is 0 Å². The number of pyridine rings is 1. The molecule has 1 amide bonds. The number of ether oxygens (including phenoxy) is 2. The molecule has 0 saturated heterocycles. The molecular formula is C26H26F3N3O4.